The van der Waals surface area contributed by atoms with Crippen molar-refractivity contribution in [2.24, 2.45) is 0 Å². The average molecular weight is 526 g/mol. The molecule has 182 valence electrons. The monoisotopic (exact) mass is 524 g/mol. The van der Waals surface area contributed by atoms with Gasteiger partial charge in [0.2, 0.25) is 3.79 Å². The Kier molecular flexibility index (Phi) is 8.04. The predicted octanol–water partition coefficient (Wildman–Crippen LogP) is 2.89. The Bertz CT molecular complexity index is 923. The molecule has 2 aliphatic rings. The Hall–Kier alpha value is -2.14. The van der Waals surface area contributed by atoms with Gasteiger partial charge in [0.05, 0.1) is 44.5 Å². The van der Waals surface area contributed by atoms with E-state index in [1.54, 1.807) is 0 Å². The van der Waals surface area contributed by atoms with Crippen LogP contribution in [-0.2, 0) is 14.3 Å². The molecule has 0 unspecified atom stereocenters. The summed E-state index contributed by atoms with van der Waals surface area (Å²) in [4.78, 5) is 40.1. The topological polar surface area (TPSA) is 115 Å². The highest BCUT2D eigenvalue weighted by molar-refractivity contribution is 6.67. The van der Waals surface area contributed by atoms with Crippen LogP contribution < -0.4 is 14.4 Å². The van der Waals surface area contributed by atoms with E-state index in [1.165, 1.54) is 31.3 Å². The molecule has 1 aromatic rings. The third kappa shape index (κ3) is 5.68. The molecule has 3 rings (SSSR count). The van der Waals surface area contributed by atoms with Crippen LogP contribution in [0.4, 0.5) is 10.5 Å². The Morgan fingerprint density at radius 2 is 1.94 bits per heavy atom. The molecule has 1 aromatic carbocycles. The molecular weight excluding hydrogens is 503 g/mol. The van der Waals surface area contributed by atoms with Gasteiger partial charge in [0.15, 0.2) is 17.7 Å². The highest BCUT2D eigenvalue weighted by Gasteiger charge is 2.45. The van der Waals surface area contributed by atoms with E-state index in [1.807, 2.05) is 0 Å². The van der Waals surface area contributed by atoms with E-state index < -0.39 is 34.7 Å². The highest BCUT2D eigenvalue weighted by atomic mass is 35.6. The van der Waals surface area contributed by atoms with Crippen molar-refractivity contribution >= 4 is 58.5 Å². The van der Waals surface area contributed by atoms with Crippen LogP contribution in [0.3, 0.4) is 0 Å². The van der Waals surface area contributed by atoms with Gasteiger partial charge >= 0.3 is 12.1 Å². The minimum Gasteiger partial charge on any atom is -0.493 e. The van der Waals surface area contributed by atoms with Crippen molar-refractivity contribution in [3.05, 3.63) is 17.7 Å². The quantitative estimate of drug-likeness (QED) is 0.445. The molecule has 10 nitrogen and oxygen atoms in total. The van der Waals surface area contributed by atoms with Crippen LogP contribution in [-0.4, -0.2) is 78.0 Å². The van der Waals surface area contributed by atoms with Gasteiger partial charge in [-0.1, -0.05) is 34.8 Å². The first-order valence-electron chi connectivity index (χ1n) is 10.0. The number of benzene rings is 1. The number of aliphatic hydroxyl groups is 1. The molecule has 2 aliphatic heterocycles. The largest absolute Gasteiger partial charge is 0.493 e. The zero-order valence-corrected chi connectivity index (χ0v) is 20.2. The van der Waals surface area contributed by atoms with Crippen molar-refractivity contribution in [1.29, 1.82) is 0 Å². The van der Waals surface area contributed by atoms with Crippen LogP contribution in [0, 0.1) is 0 Å². The van der Waals surface area contributed by atoms with E-state index in [0.717, 1.165) is 4.90 Å². The summed E-state index contributed by atoms with van der Waals surface area (Å²) in [7, 11) is 2.64. The number of rotatable bonds is 6. The Balaban J connectivity index is 2.03. The van der Waals surface area contributed by atoms with Gasteiger partial charge in [0.25, 0.3) is 5.91 Å². The van der Waals surface area contributed by atoms with Gasteiger partial charge in [-0.25, -0.2) is 9.69 Å². The van der Waals surface area contributed by atoms with Crippen LogP contribution in [0.15, 0.2) is 12.1 Å². The summed E-state index contributed by atoms with van der Waals surface area (Å²) >= 11 is 17.1. The number of ether oxygens (including phenoxy) is 4. The lowest BCUT2D eigenvalue weighted by atomic mass is 10.1. The van der Waals surface area contributed by atoms with Crippen LogP contribution >= 0.6 is 34.8 Å². The van der Waals surface area contributed by atoms with Gasteiger partial charge in [-0.15, -0.1) is 0 Å². The lowest BCUT2D eigenvalue weighted by Crippen LogP contribution is -2.51. The van der Waals surface area contributed by atoms with E-state index in [-0.39, 0.29) is 41.7 Å². The van der Waals surface area contributed by atoms with Crippen molar-refractivity contribution in [3.63, 3.8) is 0 Å². The Morgan fingerprint density at radius 3 is 2.58 bits per heavy atom. The van der Waals surface area contributed by atoms with Gasteiger partial charge in [-0.3, -0.25) is 9.59 Å². The fourth-order valence-electron chi connectivity index (χ4n) is 3.78. The molecule has 1 N–H and O–H groups in total. The summed E-state index contributed by atoms with van der Waals surface area (Å²) in [5, 5.41) is 11.1. The Labute approximate surface area is 205 Å². The summed E-state index contributed by atoms with van der Waals surface area (Å²) < 4.78 is 18.8. The number of esters is 1. The first kappa shape index (κ1) is 25.5. The second-order valence-corrected chi connectivity index (χ2v) is 9.87. The maximum atomic E-state index is 13.3. The first-order chi connectivity index (χ1) is 15.6. The summed E-state index contributed by atoms with van der Waals surface area (Å²) in [5.74, 6) is -0.524. The standard InChI is InChI=1S/C20H23Cl3N2O8/c1-30-14-8-11-13(9-15(14)32-7-5-16(26)31-2)25(19(29)33-10-20(21,22)23)18(28)12-4-3-6-24(12)17(11)27/h8-9,12,18,28H,3-7,10H2,1-2H3/t12-,18-/m0/s1. The molecule has 0 spiro atoms. The van der Waals surface area contributed by atoms with Gasteiger partial charge < -0.3 is 29.0 Å². The predicted molar refractivity (Wildman–Crippen MR) is 119 cm³/mol. The normalized spacial score (nSPS) is 20.0. The molecule has 2 heterocycles. The lowest BCUT2D eigenvalue weighted by Gasteiger charge is -2.32. The number of nitrogens with zero attached hydrogens (tertiary/aromatic N) is 2. The number of methoxy groups -OCH3 is 2. The maximum absolute atomic E-state index is 13.3. The summed E-state index contributed by atoms with van der Waals surface area (Å²) in [6.07, 6.45) is -1.33. The number of amides is 2. The second-order valence-electron chi connectivity index (χ2n) is 7.36. The summed E-state index contributed by atoms with van der Waals surface area (Å²) in [5.41, 5.74) is 0.131. The molecule has 2 amide bonds. The van der Waals surface area contributed by atoms with E-state index in [9.17, 15) is 19.5 Å². The fourth-order valence-corrected chi connectivity index (χ4v) is 3.95. The van der Waals surface area contributed by atoms with Crippen molar-refractivity contribution < 1.29 is 38.4 Å². The molecule has 13 heteroatoms. The van der Waals surface area contributed by atoms with E-state index in [2.05, 4.69) is 4.74 Å². The van der Waals surface area contributed by atoms with Crippen LogP contribution in [0.25, 0.3) is 0 Å². The Morgan fingerprint density at radius 1 is 1.21 bits per heavy atom. The SMILES string of the molecule is COC(=O)CCOc1cc2c(cc1OC)C(=O)N1CCC[C@H]1[C@H](O)N2C(=O)OCC(Cl)(Cl)Cl. The minimum absolute atomic E-state index is 0.0325. The van der Waals surface area contributed by atoms with E-state index >= 15 is 0 Å². The van der Waals surface area contributed by atoms with Crippen molar-refractivity contribution in [2.45, 2.75) is 35.3 Å². The number of halogens is 3. The van der Waals surface area contributed by atoms with Crippen molar-refractivity contribution in [2.75, 3.05) is 38.9 Å². The number of hydrogen-bond donors (Lipinski definition) is 1. The number of carbonyl (C=O) groups excluding carboxylic acids is 3. The molecule has 33 heavy (non-hydrogen) atoms. The van der Waals surface area contributed by atoms with Gasteiger partial charge in [0.1, 0.15) is 6.61 Å². The molecule has 2 atom stereocenters. The number of carbonyl (C=O) groups is 3. The maximum Gasteiger partial charge on any atom is 0.416 e. The van der Waals surface area contributed by atoms with Gasteiger partial charge in [-0.05, 0) is 18.9 Å². The minimum atomic E-state index is -1.87. The fraction of sp³-hybridized carbons (Fsp3) is 0.550. The number of hydrogen-bond acceptors (Lipinski definition) is 8. The number of anilines is 1. The zero-order valence-electron chi connectivity index (χ0n) is 17.9. The molecule has 0 saturated carbocycles. The number of aliphatic hydroxyl groups excluding tert-OH is 1. The van der Waals surface area contributed by atoms with Crippen molar-refractivity contribution in [1.82, 2.24) is 4.90 Å². The van der Waals surface area contributed by atoms with Crippen molar-refractivity contribution in [3.8, 4) is 11.5 Å². The highest BCUT2D eigenvalue weighted by Crippen LogP contribution is 2.41. The van der Waals surface area contributed by atoms with E-state index in [4.69, 9.17) is 49.0 Å². The molecular formula is C20H23Cl3N2O8. The van der Waals surface area contributed by atoms with E-state index in [0.29, 0.717) is 19.4 Å². The molecule has 1 saturated heterocycles. The second kappa shape index (κ2) is 10.4. The number of fused-ring (bicyclic) bond motifs is 2. The molecule has 0 aromatic heterocycles. The average Bonchev–Trinajstić information content (AvgIpc) is 3.24. The summed E-state index contributed by atoms with van der Waals surface area (Å²) in [6.45, 7) is -0.211. The lowest BCUT2D eigenvalue weighted by molar-refractivity contribution is -0.141. The van der Waals surface area contributed by atoms with Crippen LogP contribution in [0.5, 0.6) is 11.5 Å². The van der Waals surface area contributed by atoms with Crippen LogP contribution in [0.1, 0.15) is 29.6 Å². The molecule has 0 aliphatic carbocycles. The van der Waals surface area contributed by atoms with Gasteiger partial charge in [-0.2, -0.15) is 0 Å². The van der Waals surface area contributed by atoms with Crippen LogP contribution in [0.2, 0.25) is 0 Å². The van der Waals surface area contributed by atoms with Gasteiger partial charge in [0, 0.05) is 12.6 Å². The molecule has 1 fully saturated rings. The zero-order chi connectivity index (χ0) is 24.3. The number of alkyl halides is 3. The first-order valence-corrected chi connectivity index (χ1v) is 11.1. The molecule has 0 bridgehead atoms. The molecule has 0 radical (unpaired) electrons. The third-order valence-corrected chi connectivity index (χ3v) is 5.62. The smallest absolute Gasteiger partial charge is 0.416 e. The summed E-state index contributed by atoms with van der Waals surface area (Å²) in [6, 6.07) is 2.12. The third-order valence-electron chi connectivity index (χ3n) is 5.29.